The number of ether oxygens (including phenoxy) is 2. The van der Waals surface area contributed by atoms with Crippen LogP contribution in [0.15, 0.2) is 36.7 Å². The maximum absolute atomic E-state index is 11.9. The Morgan fingerprint density at radius 3 is 2.62 bits per heavy atom. The molecule has 0 bridgehead atoms. The molecule has 1 fully saturated rings. The van der Waals surface area contributed by atoms with Crippen molar-refractivity contribution in [1.82, 2.24) is 14.9 Å². The fraction of sp³-hybridized carbons (Fsp3) is 0.412. The molecule has 0 saturated carbocycles. The first-order chi connectivity index (χ1) is 11.6. The number of nitrogens with one attached hydrogen (secondary N) is 1. The number of methoxy groups -OCH3 is 1. The number of carbonyl (C=O) groups is 1. The van der Waals surface area contributed by atoms with Crippen molar-refractivity contribution in [2.75, 3.05) is 20.2 Å². The highest BCUT2D eigenvalue weighted by atomic mass is 16.5. The zero-order valence-corrected chi connectivity index (χ0v) is 13.6. The van der Waals surface area contributed by atoms with Crippen LogP contribution in [-0.4, -0.2) is 51.7 Å². The van der Waals surface area contributed by atoms with E-state index in [0.717, 1.165) is 5.82 Å². The molecule has 24 heavy (non-hydrogen) atoms. The zero-order chi connectivity index (χ0) is 17.0. The first-order valence-electron chi connectivity index (χ1n) is 7.89. The molecule has 1 aliphatic heterocycles. The summed E-state index contributed by atoms with van der Waals surface area (Å²) >= 11 is 0. The number of hydrogen-bond donors (Lipinski definition) is 2. The molecule has 3 rings (SSSR count). The first kappa shape index (κ1) is 16.3. The molecule has 1 saturated heterocycles. The van der Waals surface area contributed by atoms with Gasteiger partial charge in [0.2, 0.25) is 5.60 Å². The Balaban J connectivity index is 1.70. The van der Waals surface area contributed by atoms with Crippen LogP contribution < -0.4 is 9.47 Å². The highest BCUT2D eigenvalue weighted by Gasteiger charge is 2.44. The number of imidazole rings is 1. The predicted octanol–water partition coefficient (Wildman–Crippen LogP) is 1.92. The largest absolute Gasteiger partial charge is 0.493 e. The third-order valence-corrected chi connectivity index (χ3v) is 4.36. The molecule has 7 nitrogen and oxygen atoms in total. The molecule has 1 aromatic heterocycles. The smallest absolute Gasteiger partial charge is 0.348 e. The van der Waals surface area contributed by atoms with Crippen molar-refractivity contribution in [3.05, 3.63) is 42.5 Å². The number of para-hydroxylation sites is 2. The average molecular weight is 331 g/mol. The Kier molecular flexibility index (Phi) is 4.71. The molecule has 7 heteroatoms. The van der Waals surface area contributed by atoms with Crippen molar-refractivity contribution < 1.29 is 19.4 Å². The molecule has 0 atom stereocenters. The van der Waals surface area contributed by atoms with E-state index in [9.17, 15) is 9.90 Å². The van der Waals surface area contributed by atoms with Crippen molar-refractivity contribution in [3.8, 4) is 11.5 Å². The second-order valence-corrected chi connectivity index (χ2v) is 5.86. The summed E-state index contributed by atoms with van der Waals surface area (Å²) in [4.78, 5) is 21.4. The van der Waals surface area contributed by atoms with E-state index in [-0.39, 0.29) is 0 Å². The summed E-state index contributed by atoms with van der Waals surface area (Å²) in [6.07, 6.45) is 4.30. The topological polar surface area (TPSA) is 87.7 Å². The lowest BCUT2D eigenvalue weighted by atomic mass is 9.91. The van der Waals surface area contributed by atoms with Crippen LogP contribution in [-0.2, 0) is 11.3 Å². The number of carboxylic acids is 1. The normalized spacial score (nSPS) is 17.4. The zero-order valence-electron chi connectivity index (χ0n) is 13.6. The lowest BCUT2D eigenvalue weighted by molar-refractivity contribution is -0.160. The van der Waals surface area contributed by atoms with Gasteiger partial charge in [-0.25, -0.2) is 9.78 Å². The number of hydrogen-bond acceptors (Lipinski definition) is 5. The van der Waals surface area contributed by atoms with Crippen LogP contribution in [0.5, 0.6) is 11.5 Å². The number of rotatable bonds is 6. The van der Waals surface area contributed by atoms with Crippen LogP contribution >= 0.6 is 0 Å². The summed E-state index contributed by atoms with van der Waals surface area (Å²) < 4.78 is 11.2. The summed E-state index contributed by atoms with van der Waals surface area (Å²) in [7, 11) is 1.54. The molecule has 2 aromatic rings. The highest BCUT2D eigenvalue weighted by molar-refractivity contribution is 5.78. The molecule has 2 N–H and O–H groups in total. The Morgan fingerprint density at radius 2 is 2.04 bits per heavy atom. The molecule has 0 amide bonds. The number of carboxylic acid groups (broad SMARTS) is 1. The van der Waals surface area contributed by atoms with Crippen molar-refractivity contribution in [1.29, 1.82) is 0 Å². The van der Waals surface area contributed by atoms with E-state index in [1.807, 2.05) is 6.07 Å². The molecule has 0 spiro atoms. The number of piperidine rings is 1. The third-order valence-electron chi connectivity index (χ3n) is 4.36. The maximum Gasteiger partial charge on any atom is 0.348 e. The molecule has 1 aliphatic rings. The van der Waals surface area contributed by atoms with E-state index in [4.69, 9.17) is 9.47 Å². The Bertz CT molecular complexity index is 679. The van der Waals surface area contributed by atoms with Gasteiger partial charge in [0, 0.05) is 38.3 Å². The minimum atomic E-state index is -1.23. The van der Waals surface area contributed by atoms with Gasteiger partial charge in [-0.05, 0) is 12.1 Å². The minimum Gasteiger partial charge on any atom is -0.493 e. The lowest BCUT2D eigenvalue weighted by Gasteiger charge is -2.38. The van der Waals surface area contributed by atoms with Crippen molar-refractivity contribution in [3.63, 3.8) is 0 Å². The van der Waals surface area contributed by atoms with Gasteiger partial charge < -0.3 is 19.6 Å². The molecule has 1 aromatic carbocycles. The van der Waals surface area contributed by atoms with Gasteiger partial charge in [-0.1, -0.05) is 12.1 Å². The number of benzene rings is 1. The van der Waals surface area contributed by atoms with Gasteiger partial charge in [0.15, 0.2) is 11.5 Å². The maximum atomic E-state index is 11.9. The SMILES string of the molecule is COc1ccccc1OC1(C(=O)O)CCN(Cc2ncc[nH]2)CC1. The number of likely N-dealkylation sites (tertiary alicyclic amines) is 1. The molecule has 0 radical (unpaired) electrons. The second-order valence-electron chi connectivity index (χ2n) is 5.86. The fourth-order valence-electron chi connectivity index (χ4n) is 2.94. The standard InChI is InChI=1S/C17H21N3O4/c1-23-13-4-2-3-5-14(13)24-17(16(21)22)6-10-20(11-7-17)12-15-18-8-9-19-15/h2-5,8-9H,6-7,10-12H2,1H3,(H,18,19)(H,21,22). The van der Waals surface area contributed by atoms with Gasteiger partial charge in [-0.2, -0.15) is 0 Å². The molecule has 0 aliphatic carbocycles. The first-order valence-corrected chi connectivity index (χ1v) is 7.89. The molecular formula is C17H21N3O4. The average Bonchev–Trinajstić information content (AvgIpc) is 3.10. The lowest BCUT2D eigenvalue weighted by Crippen LogP contribution is -2.53. The van der Waals surface area contributed by atoms with E-state index in [0.29, 0.717) is 44.0 Å². The van der Waals surface area contributed by atoms with Crippen LogP contribution in [0.25, 0.3) is 0 Å². The van der Waals surface area contributed by atoms with Crippen LogP contribution in [0.2, 0.25) is 0 Å². The molecule has 2 heterocycles. The minimum absolute atomic E-state index is 0.404. The van der Waals surface area contributed by atoms with Crippen LogP contribution in [0, 0.1) is 0 Å². The van der Waals surface area contributed by atoms with E-state index < -0.39 is 11.6 Å². The number of aliphatic carboxylic acids is 1. The number of H-pyrrole nitrogens is 1. The van der Waals surface area contributed by atoms with Gasteiger partial charge >= 0.3 is 5.97 Å². The van der Waals surface area contributed by atoms with Crippen LogP contribution in [0.1, 0.15) is 18.7 Å². The molecule has 0 unspecified atom stereocenters. The van der Waals surface area contributed by atoms with Gasteiger partial charge in [0.25, 0.3) is 0 Å². The van der Waals surface area contributed by atoms with Gasteiger partial charge in [0.05, 0.1) is 13.7 Å². The van der Waals surface area contributed by atoms with Crippen LogP contribution in [0.4, 0.5) is 0 Å². The van der Waals surface area contributed by atoms with E-state index in [2.05, 4.69) is 14.9 Å². The number of aromatic amines is 1. The van der Waals surface area contributed by atoms with Gasteiger partial charge in [-0.3, -0.25) is 4.90 Å². The summed E-state index contributed by atoms with van der Waals surface area (Å²) in [6.45, 7) is 1.93. The number of aromatic nitrogens is 2. The summed E-state index contributed by atoms with van der Waals surface area (Å²) in [5.41, 5.74) is -1.23. The van der Waals surface area contributed by atoms with Gasteiger partial charge in [-0.15, -0.1) is 0 Å². The van der Waals surface area contributed by atoms with Crippen molar-refractivity contribution in [2.24, 2.45) is 0 Å². The molecule has 128 valence electrons. The summed E-state index contributed by atoms with van der Waals surface area (Å²) in [6, 6.07) is 7.13. The van der Waals surface area contributed by atoms with Crippen molar-refractivity contribution >= 4 is 5.97 Å². The second kappa shape index (κ2) is 6.92. The Hall–Kier alpha value is -2.54. The highest BCUT2D eigenvalue weighted by Crippen LogP contribution is 2.34. The summed E-state index contributed by atoms with van der Waals surface area (Å²) in [5, 5.41) is 9.75. The Labute approximate surface area is 140 Å². The number of nitrogens with zero attached hydrogens (tertiary/aromatic N) is 2. The van der Waals surface area contributed by atoms with Crippen molar-refractivity contribution in [2.45, 2.75) is 25.0 Å². The van der Waals surface area contributed by atoms with E-state index in [1.54, 1.807) is 37.7 Å². The summed E-state index contributed by atoms with van der Waals surface area (Å²) in [5.74, 6) is 0.938. The third kappa shape index (κ3) is 3.35. The van der Waals surface area contributed by atoms with E-state index >= 15 is 0 Å². The van der Waals surface area contributed by atoms with E-state index in [1.165, 1.54) is 0 Å². The fourth-order valence-corrected chi connectivity index (χ4v) is 2.94. The quantitative estimate of drug-likeness (QED) is 0.841. The monoisotopic (exact) mass is 331 g/mol. The predicted molar refractivity (Wildman–Crippen MR) is 87.1 cm³/mol. The Morgan fingerprint density at radius 1 is 1.33 bits per heavy atom. The van der Waals surface area contributed by atoms with Crippen LogP contribution in [0.3, 0.4) is 0 Å². The van der Waals surface area contributed by atoms with Gasteiger partial charge in [0.1, 0.15) is 5.82 Å². The molecular weight excluding hydrogens is 310 g/mol.